The van der Waals surface area contributed by atoms with E-state index in [-0.39, 0.29) is 13.0 Å². The molecule has 0 saturated carbocycles. The van der Waals surface area contributed by atoms with E-state index in [4.69, 9.17) is 29.4 Å². The highest BCUT2D eigenvalue weighted by Gasteiger charge is 2.27. The molecule has 0 aliphatic heterocycles. The molecule has 0 aromatic carbocycles. The molecule has 0 rings (SSSR count). The number of carbonyl (C=O) groups is 2. The standard InChI is InChI=1S/C53H104NO9P/c1-3-5-7-9-11-13-15-17-19-21-23-24-25-26-27-29-31-33-35-37-39-41-43-45-52(55)63-50(48-61-64(58,59)62-49-51(54)53(56)57)47-60-46-44-42-40-38-36-34-32-30-28-22-20-18-16-14-12-10-8-6-4-2/h20,22,50-51H,3-19,21,23-49,54H2,1-2H3,(H,56,57)(H,58,59)/b22-20-. The Kier molecular flexibility index (Phi) is 48.6. The van der Waals surface area contributed by atoms with Crippen LogP contribution in [0.2, 0.25) is 0 Å². The molecule has 0 radical (unpaired) electrons. The molecule has 380 valence electrons. The zero-order valence-corrected chi connectivity index (χ0v) is 42.8. The molecular formula is C53H104NO9P. The van der Waals surface area contributed by atoms with Gasteiger partial charge in [-0.15, -0.1) is 0 Å². The Morgan fingerprint density at radius 2 is 0.812 bits per heavy atom. The number of allylic oxidation sites excluding steroid dienone is 2. The zero-order chi connectivity index (χ0) is 46.9. The van der Waals surface area contributed by atoms with Crippen LogP contribution in [-0.2, 0) is 32.7 Å². The van der Waals surface area contributed by atoms with Gasteiger partial charge in [-0.2, -0.15) is 0 Å². The zero-order valence-electron chi connectivity index (χ0n) is 41.9. The average Bonchev–Trinajstić information content (AvgIpc) is 3.28. The Labute approximate surface area is 394 Å². The SMILES string of the molecule is CCCCCCCCC/C=C\CCCCCCCCCCOCC(COP(=O)(O)OCC(N)C(=O)O)OC(=O)CCCCCCCCCCCCCCCCCCCCCCCCC. The minimum absolute atomic E-state index is 0.0211. The molecule has 0 bridgehead atoms. The Morgan fingerprint density at radius 1 is 0.484 bits per heavy atom. The second-order valence-electron chi connectivity index (χ2n) is 18.7. The normalized spacial score (nSPS) is 13.7. The Hall–Kier alpha value is -1.29. The molecular weight excluding hydrogens is 826 g/mol. The number of carbonyl (C=O) groups excluding carboxylic acids is 1. The maximum Gasteiger partial charge on any atom is 0.472 e. The van der Waals surface area contributed by atoms with Gasteiger partial charge in [0.2, 0.25) is 0 Å². The van der Waals surface area contributed by atoms with Crippen molar-refractivity contribution in [1.82, 2.24) is 0 Å². The van der Waals surface area contributed by atoms with Gasteiger partial charge in [0.25, 0.3) is 0 Å². The van der Waals surface area contributed by atoms with Crippen LogP contribution in [-0.4, -0.2) is 60.5 Å². The Bertz CT molecular complexity index is 1080. The van der Waals surface area contributed by atoms with Crippen LogP contribution in [0.3, 0.4) is 0 Å². The highest BCUT2D eigenvalue weighted by molar-refractivity contribution is 7.47. The van der Waals surface area contributed by atoms with E-state index in [9.17, 15) is 19.0 Å². The van der Waals surface area contributed by atoms with Gasteiger partial charge in [-0.3, -0.25) is 18.6 Å². The van der Waals surface area contributed by atoms with Crippen molar-refractivity contribution < 1.29 is 42.7 Å². The summed E-state index contributed by atoms with van der Waals surface area (Å²) in [6.45, 7) is 3.94. The van der Waals surface area contributed by atoms with E-state index in [2.05, 4.69) is 26.0 Å². The van der Waals surface area contributed by atoms with Gasteiger partial charge in [0, 0.05) is 13.0 Å². The lowest BCUT2D eigenvalue weighted by atomic mass is 10.0. The van der Waals surface area contributed by atoms with Crippen LogP contribution in [0.4, 0.5) is 0 Å². The maximum absolute atomic E-state index is 12.7. The number of carboxylic acids is 1. The average molecular weight is 930 g/mol. The molecule has 11 heteroatoms. The fraction of sp³-hybridized carbons (Fsp3) is 0.925. The fourth-order valence-electron chi connectivity index (χ4n) is 8.07. The lowest BCUT2D eigenvalue weighted by Crippen LogP contribution is -2.34. The largest absolute Gasteiger partial charge is 0.480 e. The third-order valence-corrected chi connectivity index (χ3v) is 13.2. The van der Waals surface area contributed by atoms with Crippen molar-refractivity contribution in [2.75, 3.05) is 26.4 Å². The van der Waals surface area contributed by atoms with Crippen molar-refractivity contribution in [2.24, 2.45) is 5.73 Å². The summed E-state index contributed by atoms with van der Waals surface area (Å²) in [6, 6.07) is -1.47. The number of phosphoric acid groups is 1. The third-order valence-electron chi connectivity index (χ3n) is 12.3. The van der Waals surface area contributed by atoms with E-state index in [0.29, 0.717) is 6.61 Å². The number of carboxylic acid groups (broad SMARTS) is 1. The van der Waals surface area contributed by atoms with Gasteiger partial charge in [0.1, 0.15) is 12.1 Å². The van der Waals surface area contributed by atoms with Crippen molar-refractivity contribution in [3.63, 3.8) is 0 Å². The summed E-state index contributed by atoms with van der Waals surface area (Å²) in [5.74, 6) is -1.76. The molecule has 0 spiro atoms. The van der Waals surface area contributed by atoms with Crippen LogP contribution < -0.4 is 5.73 Å². The van der Waals surface area contributed by atoms with Gasteiger partial charge in [-0.25, -0.2) is 4.57 Å². The molecule has 0 fully saturated rings. The second kappa shape index (κ2) is 49.6. The lowest BCUT2D eigenvalue weighted by molar-refractivity contribution is -0.154. The number of nitrogens with two attached hydrogens (primary N) is 1. The Balaban J connectivity index is 4.06. The molecule has 3 atom stereocenters. The highest BCUT2D eigenvalue weighted by Crippen LogP contribution is 2.43. The lowest BCUT2D eigenvalue weighted by Gasteiger charge is -2.20. The molecule has 10 nitrogen and oxygen atoms in total. The molecule has 0 saturated heterocycles. The summed E-state index contributed by atoms with van der Waals surface area (Å²) in [5.41, 5.74) is 5.38. The first-order valence-corrected chi connectivity index (χ1v) is 28.7. The summed E-state index contributed by atoms with van der Waals surface area (Å²) in [6.07, 6.45) is 55.6. The smallest absolute Gasteiger partial charge is 0.472 e. The van der Waals surface area contributed by atoms with Crippen molar-refractivity contribution in [3.05, 3.63) is 12.2 Å². The number of hydrogen-bond donors (Lipinski definition) is 3. The van der Waals surface area contributed by atoms with Crippen LogP contribution in [0.15, 0.2) is 12.2 Å². The minimum atomic E-state index is -4.62. The molecule has 0 heterocycles. The molecule has 0 aromatic rings. The molecule has 0 amide bonds. The molecule has 3 unspecified atom stereocenters. The third kappa shape index (κ3) is 48.6. The van der Waals surface area contributed by atoms with Gasteiger partial charge in [0.15, 0.2) is 0 Å². The summed E-state index contributed by atoms with van der Waals surface area (Å²) in [7, 11) is -4.62. The van der Waals surface area contributed by atoms with Gasteiger partial charge in [0.05, 0.1) is 19.8 Å². The topological polar surface area (TPSA) is 155 Å². The summed E-state index contributed by atoms with van der Waals surface area (Å²) in [4.78, 5) is 33.7. The van der Waals surface area contributed by atoms with Gasteiger partial charge in [-0.1, -0.05) is 244 Å². The van der Waals surface area contributed by atoms with Crippen LogP contribution in [0.5, 0.6) is 0 Å². The first-order valence-electron chi connectivity index (χ1n) is 27.2. The molecule has 0 aromatic heterocycles. The quantitative estimate of drug-likeness (QED) is 0.0232. The highest BCUT2D eigenvalue weighted by atomic mass is 31.2. The molecule has 0 aliphatic rings. The van der Waals surface area contributed by atoms with Crippen molar-refractivity contribution in [1.29, 1.82) is 0 Å². The van der Waals surface area contributed by atoms with Gasteiger partial charge >= 0.3 is 19.8 Å². The monoisotopic (exact) mass is 930 g/mol. The number of esters is 1. The first kappa shape index (κ1) is 62.7. The van der Waals surface area contributed by atoms with Gasteiger partial charge < -0.3 is 25.2 Å². The summed E-state index contributed by atoms with van der Waals surface area (Å²) < 4.78 is 33.6. The number of ether oxygens (including phenoxy) is 2. The number of hydrogen-bond acceptors (Lipinski definition) is 8. The van der Waals surface area contributed by atoms with E-state index in [1.165, 1.54) is 218 Å². The van der Waals surface area contributed by atoms with Crippen LogP contribution in [0.25, 0.3) is 0 Å². The number of unbranched alkanes of at least 4 members (excludes halogenated alkanes) is 37. The fourth-order valence-corrected chi connectivity index (χ4v) is 8.85. The number of phosphoric ester groups is 1. The second-order valence-corrected chi connectivity index (χ2v) is 20.2. The molecule has 0 aliphatic carbocycles. The van der Waals surface area contributed by atoms with Crippen LogP contribution >= 0.6 is 7.82 Å². The number of aliphatic carboxylic acids is 1. The van der Waals surface area contributed by atoms with Crippen molar-refractivity contribution >= 4 is 19.8 Å². The molecule has 4 N–H and O–H groups in total. The van der Waals surface area contributed by atoms with E-state index >= 15 is 0 Å². The van der Waals surface area contributed by atoms with Crippen molar-refractivity contribution in [2.45, 2.75) is 289 Å². The number of rotatable bonds is 53. The Morgan fingerprint density at radius 3 is 1.19 bits per heavy atom. The van der Waals surface area contributed by atoms with E-state index in [0.717, 1.165) is 38.5 Å². The summed E-state index contributed by atoms with van der Waals surface area (Å²) in [5, 5.41) is 8.94. The van der Waals surface area contributed by atoms with Crippen molar-refractivity contribution in [3.8, 4) is 0 Å². The first-order chi connectivity index (χ1) is 31.2. The summed E-state index contributed by atoms with van der Waals surface area (Å²) >= 11 is 0. The molecule has 64 heavy (non-hydrogen) atoms. The predicted molar refractivity (Wildman–Crippen MR) is 268 cm³/mol. The predicted octanol–water partition coefficient (Wildman–Crippen LogP) is 16.1. The van der Waals surface area contributed by atoms with E-state index in [1.54, 1.807) is 0 Å². The van der Waals surface area contributed by atoms with Gasteiger partial charge in [-0.05, 0) is 38.5 Å². The van der Waals surface area contributed by atoms with E-state index < -0.39 is 45.1 Å². The maximum atomic E-state index is 12.7. The van der Waals surface area contributed by atoms with Crippen LogP contribution in [0, 0.1) is 0 Å². The van der Waals surface area contributed by atoms with E-state index in [1.807, 2.05) is 0 Å². The minimum Gasteiger partial charge on any atom is -0.480 e. The van der Waals surface area contributed by atoms with Crippen LogP contribution in [0.1, 0.15) is 277 Å².